The molecule has 0 spiro atoms. The lowest BCUT2D eigenvalue weighted by atomic mass is 9.99. The van der Waals surface area contributed by atoms with Gasteiger partial charge in [0.1, 0.15) is 31.0 Å². The van der Waals surface area contributed by atoms with Crippen LogP contribution in [-0.2, 0) is 28.5 Å². The zero-order chi connectivity index (χ0) is 48.0. The Morgan fingerprint density at radius 3 is 1.36 bits per heavy atom. The Morgan fingerprint density at radius 1 is 0.485 bits per heavy atom. The van der Waals surface area contributed by atoms with E-state index >= 15 is 0 Å². The second-order valence-electron chi connectivity index (χ2n) is 18.3. The lowest BCUT2D eigenvalue weighted by Crippen LogP contribution is -2.59. The van der Waals surface area contributed by atoms with Crippen molar-refractivity contribution in [1.82, 2.24) is 0 Å². The maximum Gasteiger partial charge on any atom is 0.306 e. The summed E-state index contributed by atoms with van der Waals surface area (Å²) in [4.78, 5) is 25.5. The van der Waals surface area contributed by atoms with E-state index < -0.39 is 49.4 Å². The molecule has 0 aromatic heterocycles. The van der Waals surface area contributed by atoms with Crippen LogP contribution in [0.5, 0.6) is 0 Å². The molecule has 1 aliphatic heterocycles. The Bertz CT molecular complexity index is 1260. The maximum atomic E-state index is 12.9. The van der Waals surface area contributed by atoms with E-state index in [0.29, 0.717) is 6.42 Å². The number of hydrogen-bond donors (Lipinski definition) is 4. The predicted molar refractivity (Wildman–Crippen MR) is 270 cm³/mol. The van der Waals surface area contributed by atoms with Gasteiger partial charge in [-0.25, -0.2) is 0 Å². The van der Waals surface area contributed by atoms with Gasteiger partial charge in [-0.05, 0) is 77.0 Å². The first-order valence-corrected chi connectivity index (χ1v) is 26.9. The number of esters is 2. The average molecular weight is 931 g/mol. The summed E-state index contributed by atoms with van der Waals surface area (Å²) in [5.41, 5.74) is 0. The van der Waals surface area contributed by atoms with Crippen molar-refractivity contribution in [3.05, 3.63) is 60.8 Å². The molecule has 1 heterocycles. The average Bonchev–Trinajstić information content (AvgIpc) is 3.32. The van der Waals surface area contributed by atoms with E-state index in [0.717, 1.165) is 83.5 Å². The molecule has 0 aliphatic carbocycles. The summed E-state index contributed by atoms with van der Waals surface area (Å²) in [7, 11) is 0. The molecule has 382 valence electrons. The fourth-order valence-corrected chi connectivity index (χ4v) is 7.94. The van der Waals surface area contributed by atoms with Crippen LogP contribution in [0.15, 0.2) is 60.8 Å². The van der Waals surface area contributed by atoms with E-state index in [9.17, 15) is 30.0 Å². The summed E-state index contributed by atoms with van der Waals surface area (Å²) in [5, 5.41) is 40.3. The third-order valence-electron chi connectivity index (χ3n) is 12.1. The van der Waals surface area contributed by atoms with Crippen LogP contribution in [-0.4, -0.2) is 89.0 Å². The first-order chi connectivity index (χ1) is 32.3. The normalized spacial score (nSPS) is 19.6. The van der Waals surface area contributed by atoms with Crippen LogP contribution in [0.4, 0.5) is 0 Å². The van der Waals surface area contributed by atoms with Gasteiger partial charge < -0.3 is 39.4 Å². The highest BCUT2D eigenvalue weighted by atomic mass is 16.7. The summed E-state index contributed by atoms with van der Waals surface area (Å²) >= 11 is 0. The molecule has 0 aromatic carbocycles. The molecule has 1 aliphatic rings. The Balaban J connectivity index is 2.24. The van der Waals surface area contributed by atoms with Crippen molar-refractivity contribution < 1.29 is 49.0 Å². The topological polar surface area (TPSA) is 152 Å². The molecule has 4 N–H and O–H groups in total. The van der Waals surface area contributed by atoms with Crippen LogP contribution >= 0.6 is 0 Å². The summed E-state index contributed by atoms with van der Waals surface area (Å²) in [6.07, 6.45) is 50.8. The van der Waals surface area contributed by atoms with Crippen molar-refractivity contribution in [1.29, 1.82) is 0 Å². The number of carbonyl (C=O) groups is 2. The predicted octanol–water partition coefficient (Wildman–Crippen LogP) is 13.0. The van der Waals surface area contributed by atoms with Crippen LogP contribution in [0, 0.1) is 0 Å². The number of aliphatic hydroxyl groups excluding tert-OH is 4. The third-order valence-corrected chi connectivity index (χ3v) is 12.1. The highest BCUT2D eigenvalue weighted by Crippen LogP contribution is 2.23. The quantitative estimate of drug-likeness (QED) is 0.0264. The van der Waals surface area contributed by atoms with Crippen LogP contribution in [0.1, 0.15) is 226 Å². The summed E-state index contributed by atoms with van der Waals surface area (Å²) in [6, 6.07) is 0. The summed E-state index contributed by atoms with van der Waals surface area (Å²) in [6.45, 7) is 3.32. The van der Waals surface area contributed by atoms with Gasteiger partial charge in [0.05, 0.1) is 13.2 Å². The van der Waals surface area contributed by atoms with Gasteiger partial charge in [-0.3, -0.25) is 9.59 Å². The molecular weight excluding hydrogens is 833 g/mol. The highest BCUT2D eigenvalue weighted by molar-refractivity contribution is 5.70. The molecule has 1 rings (SSSR count). The van der Waals surface area contributed by atoms with Crippen molar-refractivity contribution in [2.45, 2.75) is 263 Å². The molecule has 10 heteroatoms. The highest BCUT2D eigenvalue weighted by Gasteiger charge is 2.44. The molecule has 6 atom stereocenters. The van der Waals surface area contributed by atoms with Crippen LogP contribution < -0.4 is 0 Å². The van der Waals surface area contributed by atoms with Crippen molar-refractivity contribution >= 4 is 11.9 Å². The minimum Gasteiger partial charge on any atom is -0.462 e. The van der Waals surface area contributed by atoms with Crippen LogP contribution in [0.25, 0.3) is 0 Å². The van der Waals surface area contributed by atoms with Gasteiger partial charge in [0.25, 0.3) is 0 Å². The van der Waals surface area contributed by atoms with E-state index in [1.54, 1.807) is 0 Å². The molecule has 0 bridgehead atoms. The van der Waals surface area contributed by atoms with Gasteiger partial charge in [0.2, 0.25) is 0 Å². The number of hydrogen-bond acceptors (Lipinski definition) is 10. The van der Waals surface area contributed by atoms with Crippen molar-refractivity contribution in [2.75, 3.05) is 19.8 Å². The Labute approximate surface area is 402 Å². The number of aliphatic hydroxyl groups is 4. The van der Waals surface area contributed by atoms with E-state index in [-0.39, 0.29) is 32.0 Å². The van der Waals surface area contributed by atoms with E-state index in [2.05, 4.69) is 74.6 Å². The van der Waals surface area contributed by atoms with Gasteiger partial charge in [0.15, 0.2) is 12.4 Å². The summed E-state index contributed by atoms with van der Waals surface area (Å²) < 4.78 is 22.3. The van der Waals surface area contributed by atoms with Gasteiger partial charge >= 0.3 is 11.9 Å². The Morgan fingerprint density at radius 2 is 0.894 bits per heavy atom. The van der Waals surface area contributed by atoms with E-state index in [1.807, 2.05) is 0 Å². The molecule has 0 saturated carbocycles. The van der Waals surface area contributed by atoms with Crippen LogP contribution in [0.3, 0.4) is 0 Å². The molecule has 1 fully saturated rings. The van der Waals surface area contributed by atoms with Crippen molar-refractivity contribution in [2.24, 2.45) is 0 Å². The SMILES string of the molecule is CC/C=C\C/C=C\C/C=C\C/C=C\CCCCCCCCCCCCC(=O)OC(COC(=O)CCCCCCCCC/C=C\CCCCCCCCC)COC1OC(CO)C(O)C(O)C1O. The third kappa shape index (κ3) is 36.4. The Hall–Kier alpha value is -2.60. The zero-order valence-electron chi connectivity index (χ0n) is 41.9. The van der Waals surface area contributed by atoms with Gasteiger partial charge in [-0.15, -0.1) is 0 Å². The number of ether oxygens (including phenoxy) is 4. The zero-order valence-corrected chi connectivity index (χ0v) is 41.9. The second-order valence-corrected chi connectivity index (χ2v) is 18.3. The first-order valence-electron chi connectivity index (χ1n) is 26.9. The standard InChI is InChI=1S/C56H98O10/c1-3-5-7-9-11-13-15-17-19-21-23-24-25-26-27-29-31-33-35-37-39-41-43-45-52(59)65-49(48-64-56-55(62)54(61)53(60)50(46-57)66-56)47-63-51(58)44-42-40-38-36-34-32-30-28-22-20-18-16-14-12-10-8-6-4-2/h5,7,11,13,17,19-20,22-24,49-50,53-57,60-62H,3-4,6,8-10,12,14-16,18,21,25-48H2,1-2H3/b7-5-,13-11-,19-17-,22-20-,24-23-. The molecule has 1 saturated heterocycles. The van der Waals surface area contributed by atoms with Gasteiger partial charge in [0, 0.05) is 12.8 Å². The number of allylic oxidation sites excluding steroid dienone is 10. The van der Waals surface area contributed by atoms with Crippen LogP contribution in [0.2, 0.25) is 0 Å². The van der Waals surface area contributed by atoms with E-state index in [4.69, 9.17) is 18.9 Å². The van der Waals surface area contributed by atoms with Crippen molar-refractivity contribution in [3.8, 4) is 0 Å². The van der Waals surface area contributed by atoms with Gasteiger partial charge in [-0.1, -0.05) is 197 Å². The fraction of sp³-hybridized carbons (Fsp3) is 0.786. The molecule has 0 amide bonds. The first kappa shape index (κ1) is 61.4. The van der Waals surface area contributed by atoms with Gasteiger partial charge in [-0.2, -0.15) is 0 Å². The molecule has 0 radical (unpaired) electrons. The summed E-state index contributed by atoms with van der Waals surface area (Å²) in [5.74, 6) is -0.813. The molecule has 6 unspecified atom stereocenters. The van der Waals surface area contributed by atoms with E-state index in [1.165, 1.54) is 109 Å². The largest absolute Gasteiger partial charge is 0.462 e. The number of rotatable bonds is 45. The lowest BCUT2D eigenvalue weighted by molar-refractivity contribution is -0.305. The second kappa shape index (κ2) is 46.1. The molecule has 0 aromatic rings. The monoisotopic (exact) mass is 931 g/mol. The minimum atomic E-state index is -1.60. The fourth-order valence-electron chi connectivity index (χ4n) is 7.94. The number of unbranched alkanes of at least 4 members (excludes halogenated alkanes) is 24. The lowest BCUT2D eigenvalue weighted by Gasteiger charge is -2.39. The molecular formula is C56H98O10. The minimum absolute atomic E-state index is 0.222. The Kier molecular flexibility index (Phi) is 42.9. The van der Waals surface area contributed by atoms with Crippen molar-refractivity contribution in [3.63, 3.8) is 0 Å². The smallest absolute Gasteiger partial charge is 0.306 e. The molecule has 66 heavy (non-hydrogen) atoms. The molecule has 10 nitrogen and oxygen atoms in total. The number of carbonyl (C=O) groups excluding carboxylic acids is 2. The maximum absolute atomic E-state index is 12.9.